The predicted molar refractivity (Wildman–Crippen MR) is 71.0 cm³/mol. The van der Waals surface area contributed by atoms with E-state index in [0.717, 1.165) is 26.3 Å². The van der Waals surface area contributed by atoms with Gasteiger partial charge in [0.1, 0.15) is 0 Å². The molecule has 1 aliphatic carbocycles. The lowest BCUT2D eigenvalue weighted by Gasteiger charge is -2.45. The van der Waals surface area contributed by atoms with Crippen molar-refractivity contribution in [2.75, 3.05) is 33.4 Å². The van der Waals surface area contributed by atoms with Crippen molar-refractivity contribution in [3.8, 4) is 0 Å². The summed E-state index contributed by atoms with van der Waals surface area (Å²) in [6.07, 6.45) is 5.18. The molecule has 3 heteroatoms. The van der Waals surface area contributed by atoms with Gasteiger partial charge < -0.3 is 10.5 Å². The fourth-order valence-corrected chi connectivity index (χ4v) is 3.13. The van der Waals surface area contributed by atoms with Crippen molar-refractivity contribution in [3.05, 3.63) is 0 Å². The molecule has 1 saturated carbocycles. The first-order chi connectivity index (χ1) is 8.02. The number of likely N-dealkylation sites (N-methyl/N-ethyl adjacent to an activating group) is 1. The minimum atomic E-state index is 0.157. The molecular weight excluding hydrogens is 212 g/mol. The van der Waals surface area contributed by atoms with Crippen LogP contribution in [0.5, 0.6) is 0 Å². The highest BCUT2D eigenvalue weighted by Crippen LogP contribution is 2.55. The highest BCUT2D eigenvalue weighted by atomic mass is 16.5. The van der Waals surface area contributed by atoms with E-state index in [4.69, 9.17) is 10.5 Å². The Bertz CT molecular complexity index is 259. The van der Waals surface area contributed by atoms with Crippen molar-refractivity contribution in [1.82, 2.24) is 4.90 Å². The van der Waals surface area contributed by atoms with Crippen LogP contribution >= 0.6 is 0 Å². The molecule has 3 nitrogen and oxygen atoms in total. The van der Waals surface area contributed by atoms with Crippen molar-refractivity contribution in [2.45, 2.75) is 45.1 Å². The highest BCUT2D eigenvalue weighted by molar-refractivity contribution is 5.09. The van der Waals surface area contributed by atoms with E-state index in [2.05, 4.69) is 25.8 Å². The van der Waals surface area contributed by atoms with Crippen LogP contribution in [0.3, 0.4) is 0 Å². The third-order valence-corrected chi connectivity index (χ3v) is 5.33. The molecule has 2 rings (SSSR count). The third-order valence-electron chi connectivity index (χ3n) is 5.33. The Balaban J connectivity index is 1.94. The third kappa shape index (κ3) is 2.51. The molecule has 1 saturated heterocycles. The monoisotopic (exact) mass is 240 g/mol. The van der Waals surface area contributed by atoms with Crippen molar-refractivity contribution >= 4 is 0 Å². The van der Waals surface area contributed by atoms with E-state index in [1.807, 2.05) is 0 Å². The molecular formula is C14H28N2O. The van der Waals surface area contributed by atoms with E-state index >= 15 is 0 Å². The fraction of sp³-hybridized carbons (Fsp3) is 1.00. The second-order valence-electron chi connectivity index (χ2n) is 6.50. The lowest BCUT2D eigenvalue weighted by Crippen LogP contribution is -2.56. The van der Waals surface area contributed by atoms with Crippen molar-refractivity contribution < 1.29 is 4.74 Å². The summed E-state index contributed by atoms with van der Waals surface area (Å²) >= 11 is 0. The summed E-state index contributed by atoms with van der Waals surface area (Å²) in [4.78, 5) is 2.50. The zero-order valence-corrected chi connectivity index (χ0v) is 11.7. The van der Waals surface area contributed by atoms with E-state index in [0.29, 0.717) is 11.3 Å². The van der Waals surface area contributed by atoms with Crippen LogP contribution < -0.4 is 5.73 Å². The molecule has 2 fully saturated rings. The van der Waals surface area contributed by atoms with Crippen molar-refractivity contribution in [3.63, 3.8) is 0 Å². The SMILES string of the molecule is CN(CC1CCCOC1)C(C)(CN)C1(C)CC1. The van der Waals surface area contributed by atoms with Gasteiger partial charge in [-0.15, -0.1) is 0 Å². The summed E-state index contributed by atoms with van der Waals surface area (Å²) in [6, 6.07) is 0. The highest BCUT2D eigenvalue weighted by Gasteiger charge is 2.54. The normalized spacial score (nSPS) is 31.2. The number of hydrogen-bond donors (Lipinski definition) is 1. The molecule has 1 heterocycles. The van der Waals surface area contributed by atoms with Crippen molar-refractivity contribution in [1.29, 1.82) is 0 Å². The second kappa shape index (κ2) is 4.87. The molecule has 1 aliphatic heterocycles. The largest absolute Gasteiger partial charge is 0.381 e. The van der Waals surface area contributed by atoms with Crippen LogP contribution in [0.1, 0.15) is 39.5 Å². The molecule has 2 aliphatic rings. The van der Waals surface area contributed by atoms with Gasteiger partial charge in [-0.1, -0.05) is 6.92 Å². The number of rotatable bonds is 5. The van der Waals surface area contributed by atoms with Crippen LogP contribution in [0.4, 0.5) is 0 Å². The van der Waals surface area contributed by atoms with E-state index in [1.54, 1.807) is 0 Å². The lowest BCUT2D eigenvalue weighted by molar-refractivity contribution is 0.00621. The molecule has 0 aromatic carbocycles. The summed E-state index contributed by atoms with van der Waals surface area (Å²) in [5.41, 5.74) is 6.66. The van der Waals surface area contributed by atoms with Gasteiger partial charge in [-0.2, -0.15) is 0 Å². The first kappa shape index (κ1) is 13.3. The summed E-state index contributed by atoms with van der Waals surface area (Å²) in [7, 11) is 2.24. The molecule has 0 amide bonds. The van der Waals surface area contributed by atoms with Crippen LogP contribution in [-0.4, -0.2) is 43.8 Å². The Labute approximate surface area is 106 Å². The molecule has 100 valence electrons. The van der Waals surface area contributed by atoms with Gasteiger partial charge in [0.25, 0.3) is 0 Å². The molecule has 0 bridgehead atoms. The molecule has 0 aromatic rings. The molecule has 0 spiro atoms. The summed E-state index contributed by atoms with van der Waals surface area (Å²) < 4.78 is 5.57. The van der Waals surface area contributed by atoms with E-state index in [9.17, 15) is 0 Å². The van der Waals surface area contributed by atoms with Gasteiger partial charge in [-0.05, 0) is 51.0 Å². The molecule has 0 radical (unpaired) electrons. The van der Waals surface area contributed by atoms with Gasteiger partial charge in [0.2, 0.25) is 0 Å². The van der Waals surface area contributed by atoms with Gasteiger partial charge in [-0.25, -0.2) is 0 Å². The van der Waals surface area contributed by atoms with E-state index in [1.165, 1.54) is 25.7 Å². The zero-order chi connectivity index (χ0) is 12.5. The Morgan fingerprint density at radius 3 is 2.65 bits per heavy atom. The first-order valence-corrected chi connectivity index (χ1v) is 7.01. The summed E-state index contributed by atoms with van der Waals surface area (Å²) in [6.45, 7) is 8.49. The lowest BCUT2D eigenvalue weighted by atomic mass is 9.81. The number of nitrogens with two attached hydrogens (primary N) is 1. The topological polar surface area (TPSA) is 38.5 Å². The van der Waals surface area contributed by atoms with Gasteiger partial charge >= 0.3 is 0 Å². The van der Waals surface area contributed by atoms with Gasteiger partial charge in [0.05, 0.1) is 6.61 Å². The van der Waals surface area contributed by atoms with Crippen LogP contribution in [-0.2, 0) is 4.74 Å². The molecule has 2 unspecified atom stereocenters. The average Bonchev–Trinajstić information content (AvgIpc) is 3.09. The second-order valence-corrected chi connectivity index (χ2v) is 6.50. The standard InChI is InChI=1S/C14H28N2O/c1-13(6-7-13)14(2,11-15)16(3)9-12-5-4-8-17-10-12/h12H,4-11,15H2,1-3H3. The molecule has 2 N–H and O–H groups in total. The van der Waals surface area contributed by atoms with Crippen LogP contribution in [0.25, 0.3) is 0 Å². The molecule has 0 aromatic heterocycles. The Morgan fingerprint density at radius 1 is 1.47 bits per heavy atom. The Kier molecular flexibility index (Phi) is 3.81. The Hall–Kier alpha value is -0.120. The maximum atomic E-state index is 6.07. The molecule has 2 atom stereocenters. The number of hydrogen-bond acceptors (Lipinski definition) is 3. The van der Waals surface area contributed by atoms with E-state index < -0.39 is 0 Å². The fourth-order valence-electron chi connectivity index (χ4n) is 3.13. The van der Waals surface area contributed by atoms with Crippen LogP contribution in [0.2, 0.25) is 0 Å². The van der Waals surface area contributed by atoms with Gasteiger partial charge in [0, 0.05) is 25.2 Å². The molecule has 17 heavy (non-hydrogen) atoms. The van der Waals surface area contributed by atoms with Gasteiger partial charge in [-0.3, -0.25) is 4.90 Å². The number of nitrogens with zero attached hydrogens (tertiary/aromatic N) is 1. The maximum absolute atomic E-state index is 6.07. The minimum absolute atomic E-state index is 0.157. The number of ether oxygens (including phenoxy) is 1. The average molecular weight is 240 g/mol. The quantitative estimate of drug-likeness (QED) is 0.797. The van der Waals surface area contributed by atoms with Crippen molar-refractivity contribution in [2.24, 2.45) is 17.1 Å². The van der Waals surface area contributed by atoms with Crippen LogP contribution in [0, 0.1) is 11.3 Å². The zero-order valence-electron chi connectivity index (χ0n) is 11.7. The Morgan fingerprint density at radius 2 is 2.18 bits per heavy atom. The summed E-state index contributed by atoms with van der Waals surface area (Å²) in [5.74, 6) is 0.696. The van der Waals surface area contributed by atoms with Crippen LogP contribution in [0.15, 0.2) is 0 Å². The first-order valence-electron chi connectivity index (χ1n) is 7.01. The minimum Gasteiger partial charge on any atom is -0.381 e. The van der Waals surface area contributed by atoms with Gasteiger partial charge in [0.15, 0.2) is 0 Å². The maximum Gasteiger partial charge on any atom is 0.0506 e. The van der Waals surface area contributed by atoms with E-state index in [-0.39, 0.29) is 5.54 Å². The predicted octanol–water partition coefficient (Wildman–Crippen LogP) is 1.86. The smallest absolute Gasteiger partial charge is 0.0506 e. The summed E-state index contributed by atoms with van der Waals surface area (Å²) in [5, 5.41) is 0.